The van der Waals surface area contributed by atoms with Crippen LogP contribution in [0.15, 0.2) is 42.5 Å². The largest absolute Gasteiger partial charge is 0.369 e. The minimum absolute atomic E-state index is 0.789. The van der Waals surface area contributed by atoms with E-state index in [1.807, 2.05) is 12.1 Å². The number of piperazine rings is 1. The lowest BCUT2D eigenvalue weighted by atomic mass is 10.0. The van der Waals surface area contributed by atoms with E-state index < -0.39 is 0 Å². The number of hydrogen-bond donors (Lipinski definition) is 2. The first kappa shape index (κ1) is 15.8. The van der Waals surface area contributed by atoms with Crippen LogP contribution in [0.2, 0.25) is 5.02 Å². The summed E-state index contributed by atoms with van der Waals surface area (Å²) in [5.41, 5.74) is 5.42. The molecule has 2 aromatic rings. The van der Waals surface area contributed by atoms with Crippen molar-refractivity contribution in [3.8, 4) is 0 Å². The lowest BCUT2D eigenvalue weighted by Gasteiger charge is -2.37. The van der Waals surface area contributed by atoms with Gasteiger partial charge in [-0.05, 0) is 29.8 Å². The van der Waals surface area contributed by atoms with Crippen molar-refractivity contribution in [1.82, 2.24) is 10.6 Å². The Morgan fingerprint density at radius 1 is 0.917 bits per heavy atom. The van der Waals surface area contributed by atoms with Gasteiger partial charge in [-0.25, -0.2) is 0 Å². The Balaban J connectivity index is 1.61. The average molecular weight is 343 g/mol. The smallest absolute Gasteiger partial charge is 0.0688 e. The minimum atomic E-state index is 0.789. The first-order valence-corrected chi connectivity index (χ1v) is 8.97. The molecule has 0 saturated carbocycles. The third kappa shape index (κ3) is 3.22. The summed E-state index contributed by atoms with van der Waals surface area (Å²) in [5, 5.41) is 7.78. The molecule has 2 heterocycles. The van der Waals surface area contributed by atoms with Gasteiger partial charge in [-0.2, -0.15) is 0 Å². The molecule has 4 rings (SSSR count). The van der Waals surface area contributed by atoms with Gasteiger partial charge in [0, 0.05) is 61.2 Å². The number of fused-ring (bicyclic) bond motifs is 1. The van der Waals surface area contributed by atoms with Crippen molar-refractivity contribution in [1.29, 1.82) is 0 Å². The van der Waals surface area contributed by atoms with Gasteiger partial charge in [-0.3, -0.25) is 5.32 Å². The van der Waals surface area contributed by atoms with Crippen LogP contribution in [0.5, 0.6) is 0 Å². The second-order valence-electron chi connectivity index (χ2n) is 6.42. The normalized spacial score (nSPS) is 17.7. The fourth-order valence-electron chi connectivity index (χ4n) is 3.59. The predicted octanol–water partition coefficient (Wildman–Crippen LogP) is 2.82. The van der Waals surface area contributed by atoms with E-state index in [2.05, 4.69) is 50.8 Å². The van der Waals surface area contributed by atoms with Crippen molar-refractivity contribution < 1.29 is 0 Å². The van der Waals surface area contributed by atoms with Gasteiger partial charge in [0.2, 0.25) is 0 Å². The van der Waals surface area contributed by atoms with Crippen LogP contribution in [-0.2, 0) is 13.1 Å². The van der Waals surface area contributed by atoms with Crippen LogP contribution in [0, 0.1) is 0 Å². The number of rotatable bonds is 3. The Kier molecular flexibility index (Phi) is 4.60. The van der Waals surface area contributed by atoms with Gasteiger partial charge >= 0.3 is 0 Å². The summed E-state index contributed by atoms with van der Waals surface area (Å²) in [4.78, 5) is 4.91. The second kappa shape index (κ2) is 7.01. The highest BCUT2D eigenvalue weighted by atomic mass is 35.5. The third-order valence-corrected chi connectivity index (χ3v) is 5.07. The standard InChI is InChI=1S/C19H23ClN4/c20-16-6-4-15(5-7-16)13-24-14-22-12-17-18(2-1-3-19(17)24)23-10-8-21-9-11-23/h1-7,21-22H,8-14H2. The molecular weight excluding hydrogens is 320 g/mol. The van der Waals surface area contributed by atoms with E-state index >= 15 is 0 Å². The molecule has 2 aliphatic rings. The topological polar surface area (TPSA) is 30.5 Å². The number of hydrogen-bond acceptors (Lipinski definition) is 4. The molecule has 1 fully saturated rings. The molecule has 2 aliphatic heterocycles. The quantitative estimate of drug-likeness (QED) is 0.898. The maximum atomic E-state index is 6.01. The van der Waals surface area contributed by atoms with Crippen LogP contribution in [-0.4, -0.2) is 32.8 Å². The molecule has 4 nitrogen and oxygen atoms in total. The van der Waals surface area contributed by atoms with E-state index in [0.717, 1.165) is 51.0 Å². The summed E-state index contributed by atoms with van der Waals surface area (Å²) in [7, 11) is 0. The fourth-order valence-corrected chi connectivity index (χ4v) is 3.72. The number of nitrogens with one attached hydrogen (secondary N) is 2. The molecule has 0 aromatic heterocycles. The van der Waals surface area contributed by atoms with Crippen molar-refractivity contribution in [2.45, 2.75) is 13.1 Å². The highest BCUT2D eigenvalue weighted by Crippen LogP contribution is 2.33. The van der Waals surface area contributed by atoms with Gasteiger partial charge in [-0.15, -0.1) is 0 Å². The molecule has 2 N–H and O–H groups in total. The van der Waals surface area contributed by atoms with Crippen molar-refractivity contribution in [2.24, 2.45) is 0 Å². The first-order chi connectivity index (χ1) is 11.8. The molecular formula is C19H23ClN4. The molecule has 0 amide bonds. The third-order valence-electron chi connectivity index (χ3n) is 4.82. The Morgan fingerprint density at radius 3 is 2.46 bits per heavy atom. The van der Waals surface area contributed by atoms with E-state index in [1.54, 1.807) is 0 Å². The molecule has 0 atom stereocenters. The molecule has 5 heteroatoms. The number of anilines is 2. The molecule has 0 aliphatic carbocycles. The van der Waals surface area contributed by atoms with Gasteiger partial charge in [0.1, 0.15) is 0 Å². The molecule has 0 bridgehead atoms. The zero-order valence-electron chi connectivity index (χ0n) is 13.8. The van der Waals surface area contributed by atoms with E-state index in [9.17, 15) is 0 Å². The lowest BCUT2D eigenvalue weighted by Crippen LogP contribution is -2.45. The van der Waals surface area contributed by atoms with Gasteiger partial charge in [0.25, 0.3) is 0 Å². The zero-order chi connectivity index (χ0) is 16.4. The molecule has 2 aromatic carbocycles. The second-order valence-corrected chi connectivity index (χ2v) is 6.86. The molecule has 0 spiro atoms. The summed E-state index contributed by atoms with van der Waals surface area (Å²) >= 11 is 6.01. The Labute approximate surface area is 148 Å². The predicted molar refractivity (Wildman–Crippen MR) is 101 cm³/mol. The van der Waals surface area contributed by atoms with E-state index in [4.69, 9.17) is 11.6 Å². The highest BCUT2D eigenvalue weighted by Gasteiger charge is 2.22. The molecule has 24 heavy (non-hydrogen) atoms. The lowest BCUT2D eigenvalue weighted by molar-refractivity contribution is 0.578. The SMILES string of the molecule is Clc1ccc(CN2CNCc3c(N4CCNCC4)cccc32)cc1. The van der Waals surface area contributed by atoms with Gasteiger partial charge in [0.05, 0.1) is 6.67 Å². The zero-order valence-corrected chi connectivity index (χ0v) is 14.5. The monoisotopic (exact) mass is 342 g/mol. The van der Waals surface area contributed by atoms with Crippen LogP contribution >= 0.6 is 11.6 Å². The number of halogens is 1. The van der Waals surface area contributed by atoms with E-state index in [0.29, 0.717) is 0 Å². The molecule has 0 radical (unpaired) electrons. The van der Waals surface area contributed by atoms with Gasteiger partial charge in [0.15, 0.2) is 0 Å². The fraction of sp³-hybridized carbons (Fsp3) is 0.368. The molecule has 126 valence electrons. The van der Waals surface area contributed by atoms with Crippen molar-refractivity contribution in [3.05, 3.63) is 58.6 Å². The average Bonchev–Trinajstić information content (AvgIpc) is 2.64. The minimum Gasteiger partial charge on any atom is -0.369 e. The van der Waals surface area contributed by atoms with Crippen molar-refractivity contribution in [3.63, 3.8) is 0 Å². The summed E-state index contributed by atoms with van der Waals surface area (Å²) < 4.78 is 0. The van der Waals surface area contributed by atoms with Crippen LogP contribution < -0.4 is 20.4 Å². The van der Waals surface area contributed by atoms with E-state index in [1.165, 1.54) is 22.5 Å². The summed E-state index contributed by atoms with van der Waals surface area (Å²) in [6, 6.07) is 14.8. The van der Waals surface area contributed by atoms with E-state index in [-0.39, 0.29) is 0 Å². The van der Waals surface area contributed by atoms with Crippen molar-refractivity contribution in [2.75, 3.05) is 42.6 Å². The Morgan fingerprint density at radius 2 is 1.67 bits per heavy atom. The van der Waals surface area contributed by atoms with Crippen LogP contribution in [0.4, 0.5) is 11.4 Å². The number of benzene rings is 2. The summed E-state index contributed by atoms with van der Waals surface area (Å²) in [5.74, 6) is 0. The Bertz CT molecular complexity index is 695. The highest BCUT2D eigenvalue weighted by molar-refractivity contribution is 6.30. The summed E-state index contributed by atoms with van der Waals surface area (Å²) in [6.45, 7) is 6.98. The maximum Gasteiger partial charge on any atom is 0.0688 e. The van der Waals surface area contributed by atoms with Gasteiger partial charge in [-0.1, -0.05) is 29.8 Å². The maximum absolute atomic E-state index is 6.01. The van der Waals surface area contributed by atoms with Crippen LogP contribution in [0.3, 0.4) is 0 Å². The van der Waals surface area contributed by atoms with Gasteiger partial charge < -0.3 is 15.1 Å². The van der Waals surface area contributed by atoms with Crippen LogP contribution in [0.1, 0.15) is 11.1 Å². The molecule has 1 saturated heterocycles. The number of nitrogens with zero attached hydrogens (tertiary/aromatic N) is 2. The Hall–Kier alpha value is -1.75. The van der Waals surface area contributed by atoms with Crippen molar-refractivity contribution >= 4 is 23.0 Å². The summed E-state index contributed by atoms with van der Waals surface area (Å²) in [6.07, 6.45) is 0. The first-order valence-electron chi connectivity index (χ1n) is 8.59. The molecule has 0 unspecified atom stereocenters. The van der Waals surface area contributed by atoms with Crippen LogP contribution in [0.25, 0.3) is 0 Å².